The fourth-order valence-corrected chi connectivity index (χ4v) is 3.04. The molecule has 0 aliphatic carbocycles. The highest BCUT2D eigenvalue weighted by molar-refractivity contribution is 6.30. The molecule has 0 bridgehead atoms. The van der Waals surface area contributed by atoms with E-state index in [1.165, 1.54) is 0 Å². The number of methoxy groups -OCH3 is 3. The van der Waals surface area contributed by atoms with Gasteiger partial charge in [-0.05, 0) is 43.7 Å². The first-order valence-electron chi connectivity index (χ1n) is 9.78. The molecule has 8 heteroatoms. The van der Waals surface area contributed by atoms with Crippen LogP contribution in [0.15, 0.2) is 35.3 Å². The van der Waals surface area contributed by atoms with Gasteiger partial charge in [0, 0.05) is 23.7 Å². The van der Waals surface area contributed by atoms with Crippen LogP contribution in [0, 0.1) is 0 Å². The Balaban J connectivity index is 2.17. The van der Waals surface area contributed by atoms with Crippen LogP contribution in [0.2, 0.25) is 5.02 Å². The highest BCUT2D eigenvalue weighted by atomic mass is 35.5. The van der Waals surface area contributed by atoms with E-state index in [9.17, 15) is 0 Å². The molecule has 0 unspecified atom stereocenters. The molecule has 30 heavy (non-hydrogen) atoms. The van der Waals surface area contributed by atoms with Crippen molar-refractivity contribution < 1.29 is 18.9 Å². The monoisotopic (exact) mass is 435 g/mol. The van der Waals surface area contributed by atoms with Gasteiger partial charge < -0.3 is 29.6 Å². The van der Waals surface area contributed by atoms with Crippen molar-refractivity contribution in [3.63, 3.8) is 0 Å². The Bertz CT molecular complexity index is 833. The van der Waals surface area contributed by atoms with E-state index in [0.717, 1.165) is 23.4 Å². The molecule has 2 rings (SSSR count). The van der Waals surface area contributed by atoms with Gasteiger partial charge in [0.2, 0.25) is 5.75 Å². The number of guanidine groups is 1. The van der Waals surface area contributed by atoms with Crippen LogP contribution in [0.1, 0.15) is 25.0 Å². The predicted molar refractivity (Wildman–Crippen MR) is 120 cm³/mol. The fraction of sp³-hybridized carbons (Fsp3) is 0.409. The Morgan fingerprint density at radius 2 is 1.63 bits per heavy atom. The number of nitrogens with one attached hydrogen (secondary N) is 2. The highest BCUT2D eigenvalue weighted by Gasteiger charge is 2.13. The lowest BCUT2D eigenvalue weighted by Gasteiger charge is -2.15. The smallest absolute Gasteiger partial charge is 0.203 e. The van der Waals surface area contributed by atoms with Gasteiger partial charge in [0.1, 0.15) is 5.75 Å². The zero-order valence-corrected chi connectivity index (χ0v) is 18.9. The molecule has 0 radical (unpaired) electrons. The minimum Gasteiger partial charge on any atom is -0.493 e. The maximum absolute atomic E-state index is 6.09. The molecular weight excluding hydrogens is 406 g/mol. The van der Waals surface area contributed by atoms with Gasteiger partial charge >= 0.3 is 0 Å². The first-order valence-corrected chi connectivity index (χ1v) is 10.2. The molecule has 0 atom stereocenters. The third kappa shape index (κ3) is 6.35. The summed E-state index contributed by atoms with van der Waals surface area (Å²) >= 11 is 6.09. The lowest BCUT2D eigenvalue weighted by molar-refractivity contribution is 0.324. The average Bonchev–Trinajstić information content (AvgIpc) is 2.76. The Morgan fingerprint density at radius 3 is 2.20 bits per heavy atom. The lowest BCUT2D eigenvalue weighted by atomic mass is 10.2. The van der Waals surface area contributed by atoms with Crippen LogP contribution in [0.3, 0.4) is 0 Å². The minimum atomic E-state index is 0.435. The van der Waals surface area contributed by atoms with Gasteiger partial charge in [0.25, 0.3) is 0 Å². The fourth-order valence-electron chi connectivity index (χ4n) is 2.88. The summed E-state index contributed by atoms with van der Waals surface area (Å²) in [4.78, 5) is 4.67. The van der Waals surface area contributed by atoms with E-state index in [0.29, 0.717) is 47.9 Å². The molecule has 0 aliphatic rings. The second kappa shape index (κ2) is 12.0. The second-order valence-corrected chi connectivity index (χ2v) is 6.70. The number of hydrogen-bond donors (Lipinski definition) is 2. The first-order chi connectivity index (χ1) is 14.6. The summed E-state index contributed by atoms with van der Waals surface area (Å²) in [6.45, 7) is 6.26. The molecule has 0 saturated carbocycles. The van der Waals surface area contributed by atoms with E-state index in [1.807, 2.05) is 44.2 Å². The first kappa shape index (κ1) is 23.5. The summed E-state index contributed by atoms with van der Waals surface area (Å²) in [5.74, 6) is 3.20. The van der Waals surface area contributed by atoms with E-state index >= 15 is 0 Å². The van der Waals surface area contributed by atoms with E-state index in [4.69, 9.17) is 30.5 Å². The number of ether oxygens (including phenoxy) is 4. The van der Waals surface area contributed by atoms with Crippen LogP contribution in [-0.2, 0) is 13.1 Å². The van der Waals surface area contributed by atoms with Crippen molar-refractivity contribution in [2.75, 3.05) is 34.5 Å². The SMILES string of the molecule is CCNC(=NCc1cc(OC)c(OC)c(OC)c1)NCc1ccc(Cl)cc1OCC. The van der Waals surface area contributed by atoms with Crippen molar-refractivity contribution in [1.29, 1.82) is 0 Å². The Kier molecular flexibility index (Phi) is 9.41. The number of hydrogen-bond acceptors (Lipinski definition) is 5. The summed E-state index contributed by atoms with van der Waals surface area (Å²) in [6.07, 6.45) is 0. The summed E-state index contributed by atoms with van der Waals surface area (Å²) < 4.78 is 21.9. The molecular formula is C22H30ClN3O4. The summed E-state index contributed by atoms with van der Waals surface area (Å²) in [7, 11) is 4.77. The van der Waals surface area contributed by atoms with Crippen LogP contribution < -0.4 is 29.6 Å². The van der Waals surface area contributed by atoms with Crippen LogP contribution in [0.4, 0.5) is 0 Å². The molecule has 2 aromatic carbocycles. The normalized spacial score (nSPS) is 11.1. The van der Waals surface area contributed by atoms with Crippen LogP contribution in [0.25, 0.3) is 0 Å². The maximum atomic E-state index is 6.09. The van der Waals surface area contributed by atoms with Gasteiger partial charge in [-0.25, -0.2) is 4.99 Å². The van der Waals surface area contributed by atoms with Crippen LogP contribution in [-0.4, -0.2) is 40.4 Å². The van der Waals surface area contributed by atoms with Gasteiger partial charge in [-0.2, -0.15) is 0 Å². The van der Waals surface area contributed by atoms with Crippen molar-refractivity contribution in [3.05, 3.63) is 46.5 Å². The average molecular weight is 436 g/mol. The Hall–Kier alpha value is -2.80. The van der Waals surface area contributed by atoms with Gasteiger partial charge in [0.15, 0.2) is 17.5 Å². The van der Waals surface area contributed by atoms with Gasteiger partial charge in [0.05, 0.1) is 34.5 Å². The zero-order chi connectivity index (χ0) is 21.9. The molecule has 0 fully saturated rings. The summed E-state index contributed by atoms with van der Waals surface area (Å²) in [5, 5.41) is 7.23. The zero-order valence-electron chi connectivity index (χ0n) is 18.2. The van der Waals surface area contributed by atoms with Crippen LogP contribution >= 0.6 is 11.6 Å². The Morgan fingerprint density at radius 1 is 0.933 bits per heavy atom. The van der Waals surface area contributed by atoms with E-state index in [-0.39, 0.29) is 0 Å². The predicted octanol–water partition coefficient (Wildman–Crippen LogP) is 4.02. The van der Waals surface area contributed by atoms with Gasteiger partial charge in [-0.3, -0.25) is 0 Å². The van der Waals surface area contributed by atoms with Gasteiger partial charge in [-0.1, -0.05) is 17.7 Å². The van der Waals surface area contributed by atoms with E-state index in [2.05, 4.69) is 15.6 Å². The largest absolute Gasteiger partial charge is 0.493 e. The van der Waals surface area contributed by atoms with Crippen LogP contribution in [0.5, 0.6) is 23.0 Å². The number of rotatable bonds is 10. The van der Waals surface area contributed by atoms with Crippen molar-refractivity contribution in [2.45, 2.75) is 26.9 Å². The molecule has 7 nitrogen and oxygen atoms in total. The Labute approximate surface area is 183 Å². The molecule has 0 amide bonds. The molecule has 0 aliphatic heterocycles. The third-order valence-corrected chi connectivity index (χ3v) is 4.50. The van der Waals surface area contributed by atoms with Crippen molar-refractivity contribution in [3.8, 4) is 23.0 Å². The topological polar surface area (TPSA) is 73.3 Å². The maximum Gasteiger partial charge on any atom is 0.203 e. The highest BCUT2D eigenvalue weighted by Crippen LogP contribution is 2.38. The van der Waals surface area contributed by atoms with Gasteiger partial charge in [-0.15, -0.1) is 0 Å². The molecule has 0 heterocycles. The van der Waals surface area contributed by atoms with E-state index in [1.54, 1.807) is 21.3 Å². The minimum absolute atomic E-state index is 0.435. The summed E-state index contributed by atoms with van der Waals surface area (Å²) in [6, 6.07) is 9.40. The second-order valence-electron chi connectivity index (χ2n) is 6.27. The molecule has 2 aromatic rings. The number of benzene rings is 2. The molecule has 0 aromatic heterocycles. The number of halogens is 1. The van der Waals surface area contributed by atoms with E-state index < -0.39 is 0 Å². The summed E-state index contributed by atoms with van der Waals surface area (Å²) in [5.41, 5.74) is 1.93. The molecule has 2 N–H and O–H groups in total. The molecule has 164 valence electrons. The van der Waals surface area contributed by atoms with Crippen molar-refractivity contribution >= 4 is 17.6 Å². The lowest BCUT2D eigenvalue weighted by Crippen LogP contribution is -2.36. The third-order valence-electron chi connectivity index (χ3n) is 4.26. The van der Waals surface area contributed by atoms with Crippen molar-refractivity contribution in [2.24, 2.45) is 4.99 Å². The molecule has 0 spiro atoms. The standard InChI is InChI=1S/C22H30ClN3O4/c1-6-24-22(26-14-16-8-9-17(23)12-18(16)30-7-2)25-13-15-10-19(27-3)21(29-5)20(11-15)28-4/h8-12H,6-7,13-14H2,1-5H3,(H2,24,25,26). The quantitative estimate of drug-likeness (QED) is 0.433. The number of nitrogens with zero attached hydrogens (tertiary/aromatic N) is 1. The number of aliphatic imine (C=N–C) groups is 1. The molecule has 0 saturated heterocycles. The van der Waals surface area contributed by atoms with Crippen molar-refractivity contribution in [1.82, 2.24) is 10.6 Å².